The molecule has 0 unspecified atom stereocenters. The molecule has 0 spiro atoms. The third kappa shape index (κ3) is 3.97. The van der Waals surface area contributed by atoms with E-state index >= 15 is 0 Å². The number of rotatable bonds is 7. The average molecular weight is 293 g/mol. The Hall–Kier alpha value is -2.09. The molecule has 114 valence electrons. The van der Waals surface area contributed by atoms with Gasteiger partial charge in [0.05, 0.1) is 0 Å². The Morgan fingerprint density at radius 1 is 0.955 bits per heavy atom. The van der Waals surface area contributed by atoms with Crippen molar-refractivity contribution in [2.45, 2.75) is 31.6 Å². The number of nitrogens with one attached hydrogen (secondary N) is 1. The van der Waals surface area contributed by atoms with Gasteiger partial charge in [0.25, 0.3) is 0 Å². The van der Waals surface area contributed by atoms with Gasteiger partial charge in [-0.2, -0.15) is 0 Å². The summed E-state index contributed by atoms with van der Waals surface area (Å²) in [6.45, 7) is 0.795. The molecule has 1 amide bonds. The van der Waals surface area contributed by atoms with Crippen molar-refractivity contribution in [1.82, 2.24) is 5.32 Å². The lowest BCUT2D eigenvalue weighted by Gasteiger charge is -2.05. The first-order chi connectivity index (χ1) is 10.8. The average Bonchev–Trinajstić information content (AvgIpc) is 3.37. The standard InChI is InChI=1S/C20H23NO/c22-20(19-15-18(19)17-12-5-2-6-13-17)21-14-8-7-11-16-9-3-1-4-10-16/h1-6,9-10,12-13,18-19H,7-8,11,14-15H2,(H,21,22)/t18-,19+/m0/s1. The summed E-state index contributed by atoms with van der Waals surface area (Å²) in [5.74, 6) is 0.857. The van der Waals surface area contributed by atoms with Crippen molar-refractivity contribution in [3.05, 3.63) is 71.8 Å². The van der Waals surface area contributed by atoms with E-state index in [1.54, 1.807) is 0 Å². The lowest BCUT2D eigenvalue weighted by Crippen LogP contribution is -2.26. The summed E-state index contributed by atoms with van der Waals surface area (Å²) in [5.41, 5.74) is 2.67. The first kappa shape index (κ1) is 14.8. The molecule has 22 heavy (non-hydrogen) atoms. The van der Waals surface area contributed by atoms with E-state index in [-0.39, 0.29) is 11.8 Å². The summed E-state index contributed by atoms with van der Waals surface area (Å²) in [5, 5.41) is 3.09. The maximum atomic E-state index is 12.1. The van der Waals surface area contributed by atoms with Gasteiger partial charge in [-0.3, -0.25) is 4.79 Å². The van der Waals surface area contributed by atoms with E-state index in [0.29, 0.717) is 5.92 Å². The van der Waals surface area contributed by atoms with Gasteiger partial charge in [0.1, 0.15) is 0 Å². The second-order valence-corrected chi connectivity index (χ2v) is 6.09. The maximum absolute atomic E-state index is 12.1. The highest BCUT2D eigenvalue weighted by Crippen LogP contribution is 2.47. The molecule has 1 aliphatic carbocycles. The van der Waals surface area contributed by atoms with Crippen LogP contribution in [0.5, 0.6) is 0 Å². The largest absolute Gasteiger partial charge is 0.356 e. The molecule has 0 saturated heterocycles. The van der Waals surface area contributed by atoms with E-state index in [2.05, 4.69) is 41.7 Å². The summed E-state index contributed by atoms with van der Waals surface area (Å²) >= 11 is 0. The second kappa shape index (κ2) is 7.26. The highest BCUT2D eigenvalue weighted by molar-refractivity contribution is 5.82. The maximum Gasteiger partial charge on any atom is 0.223 e. The number of unbranched alkanes of at least 4 members (excludes halogenated alkanes) is 1. The van der Waals surface area contributed by atoms with Gasteiger partial charge in [-0.15, -0.1) is 0 Å². The van der Waals surface area contributed by atoms with Crippen molar-refractivity contribution in [2.24, 2.45) is 5.92 Å². The first-order valence-corrected chi connectivity index (χ1v) is 8.21. The Morgan fingerprint density at radius 2 is 1.64 bits per heavy atom. The van der Waals surface area contributed by atoms with Crippen LogP contribution in [0.1, 0.15) is 36.3 Å². The van der Waals surface area contributed by atoms with Crippen LogP contribution in [0.2, 0.25) is 0 Å². The molecule has 2 heteroatoms. The number of benzene rings is 2. The zero-order valence-electron chi connectivity index (χ0n) is 12.9. The highest BCUT2D eigenvalue weighted by Gasteiger charge is 2.43. The zero-order valence-corrected chi connectivity index (χ0v) is 12.9. The van der Waals surface area contributed by atoms with Crippen molar-refractivity contribution < 1.29 is 4.79 Å². The van der Waals surface area contributed by atoms with Gasteiger partial charge in [-0.05, 0) is 42.7 Å². The number of aryl methyl sites for hydroxylation is 1. The van der Waals surface area contributed by atoms with Gasteiger partial charge in [-0.25, -0.2) is 0 Å². The Morgan fingerprint density at radius 3 is 2.36 bits per heavy atom. The highest BCUT2D eigenvalue weighted by atomic mass is 16.2. The molecule has 0 bridgehead atoms. The summed E-state index contributed by atoms with van der Waals surface area (Å²) in [4.78, 5) is 12.1. The quantitative estimate of drug-likeness (QED) is 0.770. The van der Waals surface area contributed by atoms with Crippen molar-refractivity contribution in [2.75, 3.05) is 6.54 Å². The summed E-state index contributed by atoms with van der Waals surface area (Å²) in [7, 11) is 0. The van der Waals surface area contributed by atoms with E-state index in [0.717, 1.165) is 32.2 Å². The van der Waals surface area contributed by atoms with E-state index in [1.165, 1.54) is 11.1 Å². The Labute approximate surface area is 132 Å². The van der Waals surface area contributed by atoms with Gasteiger partial charge in [0.2, 0.25) is 5.91 Å². The lowest BCUT2D eigenvalue weighted by atomic mass is 10.1. The molecule has 0 radical (unpaired) electrons. The number of hydrogen-bond acceptors (Lipinski definition) is 1. The minimum atomic E-state index is 0.191. The number of hydrogen-bond donors (Lipinski definition) is 1. The SMILES string of the molecule is O=C(NCCCCc1ccccc1)[C@@H]1C[C@H]1c1ccccc1. The molecule has 0 heterocycles. The lowest BCUT2D eigenvalue weighted by molar-refractivity contribution is -0.122. The molecule has 1 N–H and O–H groups in total. The van der Waals surface area contributed by atoms with E-state index in [4.69, 9.17) is 0 Å². The van der Waals surface area contributed by atoms with E-state index < -0.39 is 0 Å². The minimum absolute atomic E-state index is 0.191. The Balaban J connectivity index is 1.32. The molecule has 2 aromatic rings. The molecule has 2 nitrogen and oxygen atoms in total. The minimum Gasteiger partial charge on any atom is -0.356 e. The fraction of sp³-hybridized carbons (Fsp3) is 0.350. The summed E-state index contributed by atoms with van der Waals surface area (Å²) in [6, 6.07) is 20.9. The predicted molar refractivity (Wildman–Crippen MR) is 89.7 cm³/mol. The van der Waals surface area contributed by atoms with Crippen molar-refractivity contribution >= 4 is 5.91 Å². The van der Waals surface area contributed by atoms with Crippen molar-refractivity contribution in [3.8, 4) is 0 Å². The van der Waals surface area contributed by atoms with Gasteiger partial charge in [0.15, 0.2) is 0 Å². The van der Waals surface area contributed by atoms with Gasteiger partial charge in [0, 0.05) is 12.5 Å². The van der Waals surface area contributed by atoms with Crippen LogP contribution in [0.3, 0.4) is 0 Å². The Bertz CT molecular complexity index is 594. The van der Waals surface area contributed by atoms with Crippen LogP contribution < -0.4 is 5.32 Å². The first-order valence-electron chi connectivity index (χ1n) is 8.21. The zero-order chi connectivity index (χ0) is 15.2. The summed E-state index contributed by atoms with van der Waals surface area (Å²) in [6.07, 6.45) is 4.26. The van der Waals surface area contributed by atoms with Crippen LogP contribution in [0.25, 0.3) is 0 Å². The smallest absolute Gasteiger partial charge is 0.223 e. The van der Waals surface area contributed by atoms with Crippen LogP contribution in [-0.4, -0.2) is 12.5 Å². The molecule has 3 rings (SSSR count). The molecular formula is C20H23NO. The summed E-state index contributed by atoms with van der Waals surface area (Å²) < 4.78 is 0. The fourth-order valence-electron chi connectivity index (χ4n) is 2.99. The normalized spacial score (nSPS) is 19.6. The topological polar surface area (TPSA) is 29.1 Å². The third-order valence-corrected chi connectivity index (χ3v) is 4.39. The molecule has 0 aliphatic heterocycles. The molecule has 2 aromatic carbocycles. The van der Waals surface area contributed by atoms with Gasteiger partial charge in [-0.1, -0.05) is 60.7 Å². The molecule has 1 aliphatic rings. The number of carbonyl (C=O) groups excluding carboxylic acids is 1. The molecule has 2 atom stereocenters. The van der Waals surface area contributed by atoms with Crippen LogP contribution in [-0.2, 0) is 11.2 Å². The van der Waals surface area contributed by atoms with Gasteiger partial charge >= 0.3 is 0 Å². The van der Waals surface area contributed by atoms with Crippen molar-refractivity contribution in [1.29, 1.82) is 0 Å². The second-order valence-electron chi connectivity index (χ2n) is 6.09. The third-order valence-electron chi connectivity index (χ3n) is 4.39. The van der Waals surface area contributed by atoms with Crippen LogP contribution in [0, 0.1) is 5.92 Å². The number of carbonyl (C=O) groups is 1. The molecule has 1 fully saturated rings. The monoisotopic (exact) mass is 293 g/mol. The predicted octanol–water partition coefficient (Wildman–Crippen LogP) is 3.93. The van der Waals surface area contributed by atoms with Crippen LogP contribution in [0.15, 0.2) is 60.7 Å². The van der Waals surface area contributed by atoms with Crippen LogP contribution >= 0.6 is 0 Å². The Kier molecular flexibility index (Phi) is 4.89. The van der Waals surface area contributed by atoms with Crippen molar-refractivity contribution in [3.63, 3.8) is 0 Å². The molecule has 0 aromatic heterocycles. The molecule has 1 saturated carbocycles. The van der Waals surface area contributed by atoms with E-state index in [1.807, 2.05) is 24.3 Å². The van der Waals surface area contributed by atoms with Crippen LogP contribution in [0.4, 0.5) is 0 Å². The molecular weight excluding hydrogens is 270 g/mol. The fourth-order valence-corrected chi connectivity index (χ4v) is 2.99. The van der Waals surface area contributed by atoms with Gasteiger partial charge < -0.3 is 5.32 Å². The van der Waals surface area contributed by atoms with E-state index in [9.17, 15) is 4.79 Å². The number of amides is 1.